The highest BCUT2D eigenvalue weighted by Crippen LogP contribution is 2.36. The first-order valence-electron chi connectivity index (χ1n) is 9.38. The quantitative estimate of drug-likeness (QED) is 0.552. The van der Waals surface area contributed by atoms with E-state index in [1.807, 2.05) is 36.4 Å². The van der Waals surface area contributed by atoms with Crippen molar-refractivity contribution in [1.29, 1.82) is 0 Å². The minimum absolute atomic E-state index is 0.0642. The van der Waals surface area contributed by atoms with Crippen molar-refractivity contribution in [2.45, 2.75) is 50.3 Å². The summed E-state index contributed by atoms with van der Waals surface area (Å²) in [5.74, 6) is 0.452. The summed E-state index contributed by atoms with van der Waals surface area (Å²) in [5, 5.41) is 8.20. The standard InChI is InChI=1S/C21H25NO5S/c1-14(2)28(25,26)22-20-5-3-4-19(20)17-8-6-15(7-9-17)16-10-12-18(13-11-16)27-21(23)24/h6-14,19-20,22H,3-5H2,1-2H3,(H,23,24)/t19-,20+/m0/s1. The van der Waals surface area contributed by atoms with E-state index >= 15 is 0 Å². The lowest BCUT2D eigenvalue weighted by Crippen LogP contribution is -2.40. The summed E-state index contributed by atoms with van der Waals surface area (Å²) in [4.78, 5) is 10.6. The molecule has 1 aliphatic rings. The summed E-state index contributed by atoms with van der Waals surface area (Å²) in [7, 11) is -3.29. The van der Waals surface area contributed by atoms with Crippen molar-refractivity contribution in [2.24, 2.45) is 0 Å². The van der Waals surface area contributed by atoms with E-state index in [-0.39, 0.29) is 17.7 Å². The molecule has 2 aromatic carbocycles. The number of hydrogen-bond donors (Lipinski definition) is 2. The van der Waals surface area contributed by atoms with Crippen molar-refractivity contribution in [3.8, 4) is 16.9 Å². The second kappa shape index (κ2) is 8.32. The number of ether oxygens (including phenoxy) is 1. The summed E-state index contributed by atoms with van der Waals surface area (Å²) >= 11 is 0. The smallest absolute Gasteiger partial charge is 0.449 e. The molecule has 0 spiro atoms. The van der Waals surface area contributed by atoms with Gasteiger partial charge >= 0.3 is 6.16 Å². The van der Waals surface area contributed by atoms with Crippen LogP contribution in [0, 0.1) is 0 Å². The third-order valence-corrected chi connectivity index (χ3v) is 7.06. The van der Waals surface area contributed by atoms with Gasteiger partial charge in [-0.15, -0.1) is 0 Å². The number of carboxylic acid groups (broad SMARTS) is 1. The van der Waals surface area contributed by atoms with E-state index in [0.717, 1.165) is 36.0 Å². The van der Waals surface area contributed by atoms with E-state index < -0.39 is 21.4 Å². The fourth-order valence-electron chi connectivity index (χ4n) is 3.59. The van der Waals surface area contributed by atoms with Crippen LogP contribution in [0.15, 0.2) is 48.5 Å². The Hall–Kier alpha value is -2.38. The molecule has 7 heteroatoms. The van der Waals surface area contributed by atoms with Crippen LogP contribution < -0.4 is 9.46 Å². The number of hydrogen-bond acceptors (Lipinski definition) is 4. The summed E-state index contributed by atoms with van der Waals surface area (Å²) in [5.41, 5.74) is 3.08. The predicted octanol–water partition coefficient (Wildman–Crippen LogP) is 4.37. The van der Waals surface area contributed by atoms with Crippen molar-refractivity contribution in [3.63, 3.8) is 0 Å². The van der Waals surface area contributed by atoms with Gasteiger partial charge in [0.1, 0.15) is 5.75 Å². The molecule has 2 atom stereocenters. The van der Waals surface area contributed by atoms with Crippen molar-refractivity contribution in [2.75, 3.05) is 0 Å². The van der Waals surface area contributed by atoms with Gasteiger partial charge in [-0.25, -0.2) is 17.9 Å². The fourth-order valence-corrected chi connectivity index (χ4v) is 4.56. The Morgan fingerprint density at radius 1 is 1.04 bits per heavy atom. The van der Waals surface area contributed by atoms with Gasteiger partial charge in [-0.3, -0.25) is 0 Å². The van der Waals surface area contributed by atoms with Crippen LogP contribution >= 0.6 is 0 Å². The molecule has 6 nitrogen and oxygen atoms in total. The SMILES string of the molecule is CC(C)S(=O)(=O)N[C@@H]1CCC[C@H]1c1ccc(-c2ccc(OC(=O)O)cc2)cc1. The van der Waals surface area contributed by atoms with Crippen LogP contribution in [0.4, 0.5) is 4.79 Å². The fraction of sp³-hybridized carbons (Fsp3) is 0.381. The Kier molecular flexibility index (Phi) is 6.05. The molecule has 0 aromatic heterocycles. The predicted molar refractivity (Wildman–Crippen MR) is 108 cm³/mol. The zero-order valence-electron chi connectivity index (χ0n) is 16.0. The molecular weight excluding hydrogens is 378 g/mol. The van der Waals surface area contributed by atoms with Gasteiger partial charge in [0.2, 0.25) is 10.0 Å². The minimum Gasteiger partial charge on any atom is -0.449 e. The Morgan fingerprint density at radius 3 is 2.14 bits per heavy atom. The summed E-state index contributed by atoms with van der Waals surface area (Å²) < 4.78 is 32.0. The lowest BCUT2D eigenvalue weighted by atomic mass is 9.93. The summed E-state index contributed by atoms with van der Waals surface area (Å²) in [6, 6.07) is 14.9. The van der Waals surface area contributed by atoms with Crippen LogP contribution in [-0.4, -0.2) is 31.0 Å². The molecular formula is C21H25NO5S. The van der Waals surface area contributed by atoms with E-state index in [0.29, 0.717) is 0 Å². The van der Waals surface area contributed by atoms with E-state index in [4.69, 9.17) is 5.11 Å². The third-order valence-electron chi connectivity index (χ3n) is 5.18. The van der Waals surface area contributed by atoms with E-state index in [9.17, 15) is 13.2 Å². The first-order valence-corrected chi connectivity index (χ1v) is 10.9. The van der Waals surface area contributed by atoms with Crippen LogP contribution in [0.3, 0.4) is 0 Å². The first kappa shape index (κ1) is 20.4. The molecule has 2 N–H and O–H groups in total. The maximum atomic E-state index is 12.2. The zero-order valence-corrected chi connectivity index (χ0v) is 16.8. The maximum Gasteiger partial charge on any atom is 0.511 e. The Balaban J connectivity index is 1.74. The Labute approximate surface area is 165 Å². The zero-order chi connectivity index (χ0) is 20.3. The van der Waals surface area contributed by atoms with Crippen molar-refractivity contribution < 1.29 is 23.1 Å². The molecule has 0 unspecified atom stereocenters. The first-order chi connectivity index (χ1) is 13.3. The van der Waals surface area contributed by atoms with Crippen LogP contribution in [0.25, 0.3) is 11.1 Å². The van der Waals surface area contributed by atoms with E-state index in [1.54, 1.807) is 26.0 Å². The lowest BCUT2D eigenvalue weighted by Gasteiger charge is -2.23. The van der Waals surface area contributed by atoms with Crippen molar-refractivity contribution >= 4 is 16.2 Å². The van der Waals surface area contributed by atoms with Gasteiger partial charge in [0, 0.05) is 12.0 Å². The molecule has 0 amide bonds. The number of sulfonamides is 1. The summed E-state index contributed by atoms with van der Waals surface area (Å²) in [6.07, 6.45) is 1.48. The Bertz CT molecular complexity index is 920. The molecule has 0 heterocycles. The topological polar surface area (TPSA) is 92.7 Å². The number of rotatable bonds is 6. The molecule has 1 aliphatic carbocycles. The van der Waals surface area contributed by atoms with Gasteiger partial charge in [-0.1, -0.05) is 42.8 Å². The largest absolute Gasteiger partial charge is 0.511 e. The molecule has 3 rings (SSSR count). The minimum atomic E-state index is -3.29. The Morgan fingerprint density at radius 2 is 1.61 bits per heavy atom. The highest BCUT2D eigenvalue weighted by Gasteiger charge is 2.32. The van der Waals surface area contributed by atoms with Crippen molar-refractivity contribution in [3.05, 3.63) is 54.1 Å². The normalized spacial score (nSPS) is 19.7. The second-order valence-corrected chi connectivity index (χ2v) is 9.64. The molecule has 2 aromatic rings. The van der Waals surface area contributed by atoms with Gasteiger partial charge in [-0.2, -0.15) is 0 Å². The van der Waals surface area contributed by atoms with Gasteiger partial charge in [0.25, 0.3) is 0 Å². The monoisotopic (exact) mass is 403 g/mol. The number of benzene rings is 2. The van der Waals surface area contributed by atoms with Gasteiger partial charge in [0.05, 0.1) is 5.25 Å². The van der Waals surface area contributed by atoms with Gasteiger partial charge < -0.3 is 9.84 Å². The molecule has 0 bridgehead atoms. The molecule has 28 heavy (non-hydrogen) atoms. The molecule has 0 radical (unpaired) electrons. The highest BCUT2D eigenvalue weighted by molar-refractivity contribution is 7.90. The highest BCUT2D eigenvalue weighted by atomic mass is 32.2. The average molecular weight is 404 g/mol. The second-order valence-electron chi connectivity index (χ2n) is 7.37. The van der Waals surface area contributed by atoms with E-state index in [1.165, 1.54) is 0 Å². The average Bonchev–Trinajstić information content (AvgIpc) is 3.09. The van der Waals surface area contributed by atoms with Gasteiger partial charge in [-0.05, 0) is 55.5 Å². The molecule has 0 saturated heterocycles. The van der Waals surface area contributed by atoms with Crippen LogP contribution in [0.1, 0.15) is 44.6 Å². The number of nitrogens with one attached hydrogen (secondary N) is 1. The molecule has 0 aliphatic heterocycles. The molecule has 150 valence electrons. The third kappa shape index (κ3) is 4.72. The van der Waals surface area contributed by atoms with E-state index in [2.05, 4.69) is 9.46 Å². The van der Waals surface area contributed by atoms with Crippen LogP contribution in [0.5, 0.6) is 5.75 Å². The van der Waals surface area contributed by atoms with Crippen molar-refractivity contribution in [1.82, 2.24) is 4.72 Å². The van der Waals surface area contributed by atoms with Gasteiger partial charge in [0.15, 0.2) is 0 Å². The molecule has 1 saturated carbocycles. The maximum absolute atomic E-state index is 12.2. The summed E-state index contributed by atoms with van der Waals surface area (Å²) in [6.45, 7) is 3.38. The van der Waals surface area contributed by atoms with Crippen LogP contribution in [0.2, 0.25) is 0 Å². The number of carbonyl (C=O) groups is 1. The lowest BCUT2D eigenvalue weighted by molar-refractivity contribution is 0.144. The van der Waals surface area contributed by atoms with Crippen LogP contribution in [-0.2, 0) is 10.0 Å². The molecule has 1 fully saturated rings.